The van der Waals surface area contributed by atoms with Gasteiger partial charge in [-0.05, 0) is 31.1 Å². The summed E-state index contributed by atoms with van der Waals surface area (Å²) >= 11 is 0. The zero-order valence-electron chi connectivity index (χ0n) is 19.6. The highest BCUT2D eigenvalue weighted by Crippen LogP contribution is 2.26. The van der Waals surface area contributed by atoms with E-state index in [1.165, 1.54) is 83.1 Å². The summed E-state index contributed by atoms with van der Waals surface area (Å²) in [6.45, 7) is 9.43. The zero-order chi connectivity index (χ0) is 21.9. The first-order valence-electron chi connectivity index (χ1n) is 12.3. The van der Waals surface area contributed by atoms with E-state index in [-0.39, 0.29) is 5.78 Å². The minimum absolute atomic E-state index is 0.108. The molecule has 1 aromatic carbocycles. The van der Waals surface area contributed by atoms with Gasteiger partial charge in [-0.25, -0.2) is 0 Å². The van der Waals surface area contributed by atoms with Crippen LogP contribution in [0, 0.1) is 0 Å². The molecule has 0 radical (unpaired) electrons. The lowest BCUT2D eigenvalue weighted by Gasteiger charge is -2.13. The Balaban J connectivity index is 2.40. The third-order valence-electron chi connectivity index (χ3n) is 5.43. The molecule has 0 aliphatic rings. The molecule has 0 heterocycles. The van der Waals surface area contributed by atoms with Crippen LogP contribution in [0.15, 0.2) is 30.9 Å². The Kier molecular flexibility index (Phi) is 15.8. The number of ketones is 1. The quantitative estimate of drug-likeness (QED) is 0.122. The Morgan fingerprint density at radius 3 is 1.80 bits per heavy atom. The van der Waals surface area contributed by atoms with Gasteiger partial charge in [0.1, 0.15) is 11.5 Å². The standard InChI is InChI=1S/C27H44O3/c1-4-7-9-11-13-15-17-21-29-24-19-20-25(26(28)6-3)27(23-24)30-22-18-16-14-12-10-8-5-2/h6,19-20,23H,3-5,7-18,21-22H2,1-2H3. The molecule has 30 heavy (non-hydrogen) atoms. The van der Waals surface area contributed by atoms with Crippen LogP contribution in [-0.2, 0) is 0 Å². The topological polar surface area (TPSA) is 35.5 Å². The summed E-state index contributed by atoms with van der Waals surface area (Å²) in [6, 6.07) is 5.52. The molecular formula is C27H44O3. The molecule has 0 saturated carbocycles. The summed E-state index contributed by atoms with van der Waals surface area (Å²) in [7, 11) is 0. The Labute approximate surface area is 185 Å². The molecule has 0 spiro atoms. The van der Waals surface area contributed by atoms with Gasteiger partial charge in [0.2, 0.25) is 0 Å². The van der Waals surface area contributed by atoms with Crippen LogP contribution >= 0.6 is 0 Å². The molecule has 0 aromatic heterocycles. The fraction of sp³-hybridized carbons (Fsp3) is 0.667. The van der Waals surface area contributed by atoms with Gasteiger partial charge in [0.25, 0.3) is 0 Å². The number of carbonyl (C=O) groups is 1. The Hall–Kier alpha value is -1.77. The lowest BCUT2D eigenvalue weighted by atomic mass is 10.1. The van der Waals surface area contributed by atoms with Crippen molar-refractivity contribution in [2.45, 2.75) is 104 Å². The van der Waals surface area contributed by atoms with E-state index >= 15 is 0 Å². The third kappa shape index (κ3) is 12.0. The van der Waals surface area contributed by atoms with Gasteiger partial charge in [-0.15, -0.1) is 0 Å². The molecule has 0 fully saturated rings. The molecule has 0 aliphatic carbocycles. The average molecular weight is 417 g/mol. The van der Waals surface area contributed by atoms with Crippen molar-refractivity contribution in [1.82, 2.24) is 0 Å². The number of ether oxygens (including phenoxy) is 2. The van der Waals surface area contributed by atoms with Gasteiger partial charge in [-0.2, -0.15) is 0 Å². The van der Waals surface area contributed by atoms with E-state index in [9.17, 15) is 4.79 Å². The predicted octanol–water partition coefficient (Wildman–Crippen LogP) is 8.31. The van der Waals surface area contributed by atoms with Crippen molar-refractivity contribution in [3.05, 3.63) is 36.4 Å². The zero-order valence-corrected chi connectivity index (χ0v) is 19.6. The highest BCUT2D eigenvalue weighted by Gasteiger charge is 2.11. The SMILES string of the molecule is C=CC(=O)c1ccc(OCCCCCCCCC)cc1OCCCCCCCCC. The smallest absolute Gasteiger partial charge is 0.188 e. The molecule has 1 rings (SSSR count). The van der Waals surface area contributed by atoms with E-state index in [1.54, 1.807) is 6.07 Å². The fourth-order valence-corrected chi connectivity index (χ4v) is 3.52. The van der Waals surface area contributed by atoms with Gasteiger partial charge in [0.05, 0.1) is 18.8 Å². The van der Waals surface area contributed by atoms with Crippen LogP contribution in [0.5, 0.6) is 11.5 Å². The molecule has 0 N–H and O–H groups in total. The molecule has 1 aromatic rings. The summed E-state index contributed by atoms with van der Waals surface area (Å²) in [5.74, 6) is 1.28. The normalized spacial score (nSPS) is 10.7. The minimum atomic E-state index is -0.108. The molecule has 0 aliphatic heterocycles. The molecule has 3 nitrogen and oxygen atoms in total. The average Bonchev–Trinajstić information content (AvgIpc) is 2.77. The first kappa shape index (κ1) is 26.3. The molecule has 3 heteroatoms. The highest BCUT2D eigenvalue weighted by atomic mass is 16.5. The van der Waals surface area contributed by atoms with Crippen LogP contribution in [-0.4, -0.2) is 19.0 Å². The number of hydrogen-bond acceptors (Lipinski definition) is 3. The van der Waals surface area contributed by atoms with Crippen LogP contribution in [0.25, 0.3) is 0 Å². The van der Waals surface area contributed by atoms with Crippen molar-refractivity contribution in [1.29, 1.82) is 0 Å². The molecular weight excluding hydrogens is 372 g/mol. The molecule has 0 saturated heterocycles. The van der Waals surface area contributed by atoms with E-state index < -0.39 is 0 Å². The first-order valence-corrected chi connectivity index (χ1v) is 12.3. The minimum Gasteiger partial charge on any atom is -0.493 e. The van der Waals surface area contributed by atoms with Crippen LogP contribution in [0.3, 0.4) is 0 Å². The molecule has 0 atom stereocenters. The van der Waals surface area contributed by atoms with Gasteiger partial charge in [0, 0.05) is 6.07 Å². The summed E-state index contributed by atoms with van der Waals surface area (Å²) in [5.41, 5.74) is 0.566. The Morgan fingerprint density at radius 1 is 0.767 bits per heavy atom. The maximum atomic E-state index is 12.1. The van der Waals surface area contributed by atoms with Crippen molar-refractivity contribution in [3.63, 3.8) is 0 Å². The summed E-state index contributed by atoms with van der Waals surface area (Å²) in [4.78, 5) is 12.1. The number of rotatable bonds is 20. The molecule has 0 bridgehead atoms. The van der Waals surface area contributed by atoms with Crippen molar-refractivity contribution in [3.8, 4) is 11.5 Å². The summed E-state index contributed by atoms with van der Waals surface area (Å²) in [6.07, 6.45) is 18.9. The predicted molar refractivity (Wildman–Crippen MR) is 128 cm³/mol. The van der Waals surface area contributed by atoms with Crippen LogP contribution in [0.2, 0.25) is 0 Å². The largest absolute Gasteiger partial charge is 0.493 e. The van der Waals surface area contributed by atoms with Crippen LogP contribution in [0.4, 0.5) is 0 Å². The van der Waals surface area contributed by atoms with Gasteiger partial charge in [0.15, 0.2) is 5.78 Å². The lowest BCUT2D eigenvalue weighted by molar-refractivity contribution is 0.104. The number of hydrogen-bond donors (Lipinski definition) is 0. The molecule has 0 unspecified atom stereocenters. The molecule has 170 valence electrons. The summed E-state index contributed by atoms with van der Waals surface area (Å²) < 4.78 is 11.9. The van der Waals surface area contributed by atoms with Crippen molar-refractivity contribution in [2.24, 2.45) is 0 Å². The highest BCUT2D eigenvalue weighted by molar-refractivity contribution is 6.06. The second-order valence-electron chi connectivity index (χ2n) is 8.17. The van der Waals surface area contributed by atoms with Gasteiger partial charge < -0.3 is 9.47 Å². The van der Waals surface area contributed by atoms with E-state index in [2.05, 4.69) is 20.4 Å². The van der Waals surface area contributed by atoms with Crippen LogP contribution < -0.4 is 9.47 Å². The maximum absolute atomic E-state index is 12.1. The summed E-state index contributed by atoms with van der Waals surface area (Å²) in [5, 5.41) is 0. The lowest BCUT2D eigenvalue weighted by Crippen LogP contribution is -2.05. The van der Waals surface area contributed by atoms with Gasteiger partial charge in [-0.3, -0.25) is 4.79 Å². The Morgan fingerprint density at radius 2 is 1.27 bits per heavy atom. The third-order valence-corrected chi connectivity index (χ3v) is 5.43. The first-order chi connectivity index (χ1) is 14.7. The second-order valence-corrected chi connectivity index (χ2v) is 8.17. The van der Waals surface area contributed by atoms with Gasteiger partial charge >= 0.3 is 0 Å². The second kappa shape index (κ2) is 18.0. The number of allylic oxidation sites excluding steroid dienone is 1. The van der Waals surface area contributed by atoms with Crippen molar-refractivity contribution in [2.75, 3.05) is 13.2 Å². The van der Waals surface area contributed by atoms with E-state index in [0.717, 1.165) is 18.6 Å². The fourth-order valence-electron chi connectivity index (χ4n) is 3.52. The van der Waals surface area contributed by atoms with Crippen LogP contribution in [0.1, 0.15) is 114 Å². The number of carbonyl (C=O) groups excluding carboxylic acids is 1. The van der Waals surface area contributed by atoms with E-state index in [0.29, 0.717) is 24.5 Å². The van der Waals surface area contributed by atoms with E-state index in [1.807, 2.05) is 12.1 Å². The van der Waals surface area contributed by atoms with Crippen molar-refractivity contribution >= 4 is 5.78 Å². The number of benzene rings is 1. The number of unbranched alkanes of at least 4 members (excludes halogenated alkanes) is 12. The Bertz CT molecular complexity index is 579. The molecule has 0 amide bonds. The van der Waals surface area contributed by atoms with Gasteiger partial charge in [-0.1, -0.05) is 97.5 Å². The van der Waals surface area contributed by atoms with Crippen molar-refractivity contribution < 1.29 is 14.3 Å². The van der Waals surface area contributed by atoms with E-state index in [4.69, 9.17) is 9.47 Å². The maximum Gasteiger partial charge on any atom is 0.188 e. The monoisotopic (exact) mass is 416 g/mol.